The molecule has 2 bridgehead atoms. The second kappa shape index (κ2) is 4.24. The third kappa shape index (κ3) is 2.80. The molecule has 0 aromatic carbocycles. The van der Waals surface area contributed by atoms with Crippen LogP contribution < -0.4 is 5.73 Å². The van der Waals surface area contributed by atoms with E-state index in [1.807, 2.05) is 0 Å². The van der Waals surface area contributed by atoms with Crippen molar-refractivity contribution in [3.05, 3.63) is 0 Å². The van der Waals surface area contributed by atoms with Gasteiger partial charge in [-0.15, -0.1) is 0 Å². The first-order valence-corrected chi connectivity index (χ1v) is 7.94. The van der Waals surface area contributed by atoms with Crippen molar-refractivity contribution in [2.45, 2.75) is 38.1 Å². The number of carboxylic acid groups (broad SMARTS) is 1. The summed E-state index contributed by atoms with van der Waals surface area (Å²) in [6.45, 7) is 0. The molecule has 0 heterocycles. The van der Waals surface area contributed by atoms with Crippen molar-refractivity contribution >= 4 is 15.7 Å². The first-order chi connectivity index (χ1) is 7.82. The van der Waals surface area contributed by atoms with Crippen LogP contribution in [0.2, 0.25) is 0 Å². The molecule has 0 radical (unpaired) electrons. The molecule has 0 saturated heterocycles. The fraction of sp³-hybridized carbons (Fsp3) is 0.909. The lowest BCUT2D eigenvalue weighted by Gasteiger charge is -2.62. The summed E-state index contributed by atoms with van der Waals surface area (Å²) in [5, 5.41) is 8.61. The SMILES string of the molecule is N=S(=O)(CC[C@H](N)C(=O)O)CCC12CC(C1)C2. The number of carbonyl (C=O) groups is 1. The first-order valence-electron chi connectivity index (χ1n) is 6.05. The Morgan fingerprint density at radius 2 is 2.06 bits per heavy atom. The van der Waals surface area contributed by atoms with Crippen LogP contribution in [0.25, 0.3) is 0 Å². The van der Waals surface area contributed by atoms with Crippen LogP contribution in [0, 0.1) is 16.1 Å². The molecule has 0 aromatic heterocycles. The third-order valence-corrected chi connectivity index (χ3v) is 5.96. The second-order valence-corrected chi connectivity index (χ2v) is 8.12. The summed E-state index contributed by atoms with van der Waals surface area (Å²) in [6, 6.07) is -0.990. The van der Waals surface area contributed by atoms with E-state index in [0.29, 0.717) is 11.2 Å². The predicted octanol–water partition coefficient (Wildman–Crippen LogP) is 1.03. The minimum absolute atomic E-state index is 0.111. The van der Waals surface area contributed by atoms with E-state index in [4.69, 9.17) is 15.6 Å². The summed E-state index contributed by atoms with van der Waals surface area (Å²) in [6.07, 6.45) is 4.74. The van der Waals surface area contributed by atoms with Gasteiger partial charge in [-0.1, -0.05) is 0 Å². The smallest absolute Gasteiger partial charge is 0.320 e. The molecule has 3 aliphatic rings. The minimum Gasteiger partial charge on any atom is -0.480 e. The van der Waals surface area contributed by atoms with Crippen molar-refractivity contribution in [2.75, 3.05) is 11.5 Å². The van der Waals surface area contributed by atoms with Crippen LogP contribution in [-0.4, -0.2) is 32.8 Å². The maximum atomic E-state index is 11.9. The Kier molecular flexibility index (Phi) is 3.20. The van der Waals surface area contributed by atoms with Crippen molar-refractivity contribution in [2.24, 2.45) is 17.1 Å². The van der Waals surface area contributed by atoms with Crippen LogP contribution in [0.3, 0.4) is 0 Å². The maximum Gasteiger partial charge on any atom is 0.320 e. The van der Waals surface area contributed by atoms with Crippen molar-refractivity contribution < 1.29 is 14.1 Å². The molecule has 4 N–H and O–H groups in total. The van der Waals surface area contributed by atoms with Crippen LogP contribution in [0.15, 0.2) is 0 Å². The number of nitrogens with one attached hydrogen (secondary N) is 1. The lowest BCUT2D eigenvalue weighted by Crippen LogP contribution is -2.52. The highest BCUT2D eigenvalue weighted by Gasteiger charge is 2.55. The summed E-state index contributed by atoms with van der Waals surface area (Å²) in [4.78, 5) is 10.5. The van der Waals surface area contributed by atoms with Gasteiger partial charge in [-0.25, -0.2) is 4.21 Å². The second-order valence-electron chi connectivity index (χ2n) is 5.68. The summed E-state index contributed by atoms with van der Waals surface area (Å²) in [5.41, 5.74) is 5.75. The molecule has 3 saturated carbocycles. The van der Waals surface area contributed by atoms with Gasteiger partial charge in [0, 0.05) is 21.2 Å². The van der Waals surface area contributed by atoms with Crippen molar-refractivity contribution in [1.82, 2.24) is 0 Å². The Hall–Kier alpha value is -0.620. The summed E-state index contributed by atoms with van der Waals surface area (Å²) >= 11 is 0. The predicted molar refractivity (Wildman–Crippen MR) is 65.2 cm³/mol. The topological polar surface area (TPSA) is 104 Å². The molecule has 2 atom stereocenters. The Morgan fingerprint density at radius 1 is 1.47 bits per heavy atom. The molecular formula is C11H20N2O3S. The van der Waals surface area contributed by atoms with Gasteiger partial charge in [-0.05, 0) is 43.4 Å². The molecule has 0 spiro atoms. The molecule has 17 heavy (non-hydrogen) atoms. The number of nitrogens with two attached hydrogens (primary N) is 1. The van der Waals surface area contributed by atoms with E-state index < -0.39 is 21.7 Å². The highest BCUT2D eigenvalue weighted by atomic mass is 32.2. The Bertz CT molecular complexity index is 401. The molecular weight excluding hydrogens is 240 g/mol. The zero-order valence-corrected chi connectivity index (χ0v) is 10.7. The quantitative estimate of drug-likeness (QED) is 0.635. The van der Waals surface area contributed by atoms with E-state index in [9.17, 15) is 9.00 Å². The lowest BCUT2D eigenvalue weighted by atomic mass is 9.43. The Labute approximate surface area is 102 Å². The van der Waals surface area contributed by atoms with Crippen molar-refractivity contribution in [1.29, 1.82) is 4.78 Å². The number of hydrogen-bond donors (Lipinski definition) is 3. The molecule has 1 unspecified atom stereocenters. The number of carboxylic acids is 1. The number of aliphatic carboxylic acids is 1. The molecule has 0 aromatic rings. The molecule has 6 heteroatoms. The van der Waals surface area contributed by atoms with Crippen molar-refractivity contribution in [3.63, 3.8) is 0 Å². The van der Waals surface area contributed by atoms with Crippen molar-refractivity contribution in [3.8, 4) is 0 Å². The average molecular weight is 260 g/mol. The van der Waals surface area contributed by atoms with Crippen LogP contribution in [0.5, 0.6) is 0 Å². The van der Waals surface area contributed by atoms with E-state index in [1.54, 1.807) is 0 Å². The summed E-state index contributed by atoms with van der Waals surface area (Å²) < 4.78 is 19.7. The van der Waals surface area contributed by atoms with E-state index in [0.717, 1.165) is 12.3 Å². The van der Waals surface area contributed by atoms with Crippen LogP contribution in [-0.2, 0) is 14.5 Å². The van der Waals surface area contributed by atoms with Gasteiger partial charge >= 0.3 is 5.97 Å². The molecule has 3 rings (SSSR count). The molecule has 98 valence electrons. The largest absolute Gasteiger partial charge is 0.480 e. The van der Waals surface area contributed by atoms with E-state index in [-0.39, 0.29) is 12.2 Å². The molecule has 3 aliphatic carbocycles. The average Bonchev–Trinajstić information content (AvgIpc) is 2.09. The molecule has 0 amide bonds. The van der Waals surface area contributed by atoms with Crippen LogP contribution in [0.4, 0.5) is 0 Å². The summed E-state index contributed by atoms with van der Waals surface area (Å²) in [7, 11) is -2.64. The van der Waals surface area contributed by atoms with Gasteiger partial charge in [0.05, 0.1) is 0 Å². The maximum absolute atomic E-state index is 11.9. The van der Waals surface area contributed by atoms with E-state index in [1.165, 1.54) is 19.3 Å². The highest BCUT2D eigenvalue weighted by molar-refractivity contribution is 7.92. The fourth-order valence-electron chi connectivity index (χ4n) is 2.89. The van der Waals surface area contributed by atoms with E-state index in [2.05, 4.69) is 0 Å². The fourth-order valence-corrected chi connectivity index (χ4v) is 4.49. The number of hydrogen-bond acceptors (Lipinski definition) is 4. The molecule has 5 nitrogen and oxygen atoms in total. The van der Waals surface area contributed by atoms with Gasteiger partial charge in [-0.3, -0.25) is 9.57 Å². The third-order valence-electron chi connectivity index (χ3n) is 4.20. The normalized spacial score (nSPS) is 35.2. The standard InChI is InChI=1S/C11H20N2O3S/c12-9(10(14)15)1-3-17(13,16)4-2-11-5-8(6-11)7-11/h8-9,13H,1-7,12H2,(H,14,15)/t8?,9-,11?,17?/m0/s1. The van der Waals surface area contributed by atoms with Crippen LogP contribution >= 0.6 is 0 Å². The van der Waals surface area contributed by atoms with Gasteiger partial charge in [0.25, 0.3) is 0 Å². The lowest BCUT2D eigenvalue weighted by molar-refractivity contribution is -0.138. The number of rotatable bonds is 7. The summed E-state index contributed by atoms with van der Waals surface area (Å²) in [5.74, 6) is 0.336. The van der Waals surface area contributed by atoms with Gasteiger partial charge < -0.3 is 10.8 Å². The first kappa shape index (κ1) is 12.8. The van der Waals surface area contributed by atoms with Gasteiger partial charge in [-0.2, -0.15) is 0 Å². The Balaban J connectivity index is 1.72. The highest BCUT2D eigenvalue weighted by Crippen LogP contribution is 2.66. The van der Waals surface area contributed by atoms with E-state index >= 15 is 0 Å². The Morgan fingerprint density at radius 3 is 2.47 bits per heavy atom. The molecule has 0 aliphatic heterocycles. The van der Waals surface area contributed by atoms with Gasteiger partial charge in [0.2, 0.25) is 0 Å². The minimum atomic E-state index is -2.64. The zero-order valence-electron chi connectivity index (χ0n) is 9.85. The van der Waals surface area contributed by atoms with Gasteiger partial charge in [0.1, 0.15) is 6.04 Å². The zero-order chi connectivity index (χ0) is 12.7. The molecule has 3 fully saturated rings. The van der Waals surface area contributed by atoms with Crippen LogP contribution in [0.1, 0.15) is 32.1 Å². The monoisotopic (exact) mass is 260 g/mol. The van der Waals surface area contributed by atoms with Gasteiger partial charge in [0.15, 0.2) is 0 Å².